The average molecular weight is 401 g/mol. The van der Waals surface area contributed by atoms with Gasteiger partial charge < -0.3 is 4.74 Å². The molecule has 150 valence electrons. The van der Waals surface area contributed by atoms with Gasteiger partial charge in [-0.1, -0.05) is 30.3 Å². The quantitative estimate of drug-likeness (QED) is 0.716. The first-order chi connectivity index (χ1) is 13.6. The number of hydrogen-bond acceptors (Lipinski definition) is 4. The molecule has 0 N–H and O–H groups in total. The van der Waals surface area contributed by atoms with Gasteiger partial charge in [-0.05, 0) is 56.0 Å². The molecule has 2 fully saturated rings. The molecule has 1 aliphatic heterocycles. The number of ether oxygens (including phenoxy) is 1. The monoisotopic (exact) mass is 400 g/mol. The maximum atomic E-state index is 13.4. The van der Waals surface area contributed by atoms with Crippen molar-refractivity contribution < 1.29 is 13.2 Å². The van der Waals surface area contributed by atoms with E-state index in [4.69, 9.17) is 4.74 Å². The van der Waals surface area contributed by atoms with Gasteiger partial charge >= 0.3 is 0 Å². The van der Waals surface area contributed by atoms with Crippen LogP contribution in [0.1, 0.15) is 25.3 Å². The molecule has 28 heavy (non-hydrogen) atoms. The van der Waals surface area contributed by atoms with Crippen LogP contribution >= 0.6 is 0 Å². The van der Waals surface area contributed by atoms with Crippen molar-refractivity contribution in [2.45, 2.75) is 43.2 Å². The molecular formula is C22H28N2O3S. The lowest BCUT2D eigenvalue weighted by Crippen LogP contribution is -2.56. The number of benzene rings is 2. The number of sulfonamides is 1. The molecule has 5 nitrogen and oxygen atoms in total. The summed E-state index contributed by atoms with van der Waals surface area (Å²) in [6, 6.07) is 17.6. The molecule has 0 aromatic heterocycles. The molecule has 6 heteroatoms. The number of rotatable bonds is 7. The van der Waals surface area contributed by atoms with Gasteiger partial charge in [-0.15, -0.1) is 0 Å². The molecule has 2 aromatic rings. The Hall–Kier alpha value is -1.89. The molecular weight excluding hydrogens is 372 g/mol. The molecule has 1 aliphatic carbocycles. The molecule has 2 aromatic carbocycles. The summed E-state index contributed by atoms with van der Waals surface area (Å²) in [6.45, 7) is 4.64. The van der Waals surface area contributed by atoms with Gasteiger partial charge in [-0.25, -0.2) is 8.42 Å². The summed E-state index contributed by atoms with van der Waals surface area (Å²) in [5, 5.41) is 0. The van der Waals surface area contributed by atoms with Gasteiger partial charge in [-0.3, -0.25) is 4.90 Å². The van der Waals surface area contributed by atoms with E-state index in [1.54, 1.807) is 28.6 Å². The van der Waals surface area contributed by atoms with Crippen LogP contribution in [-0.2, 0) is 16.4 Å². The molecule has 0 spiro atoms. The number of piperazine rings is 1. The molecule has 1 atom stereocenters. The second-order valence-corrected chi connectivity index (χ2v) is 9.48. The predicted molar refractivity (Wildman–Crippen MR) is 110 cm³/mol. The maximum Gasteiger partial charge on any atom is 0.243 e. The van der Waals surface area contributed by atoms with Crippen molar-refractivity contribution in [2.75, 3.05) is 26.2 Å². The van der Waals surface area contributed by atoms with Crippen molar-refractivity contribution in [3.63, 3.8) is 0 Å². The minimum absolute atomic E-state index is 0.0479. The highest BCUT2D eigenvalue weighted by Crippen LogP contribution is 2.32. The van der Waals surface area contributed by atoms with Gasteiger partial charge in [0.2, 0.25) is 10.0 Å². The topological polar surface area (TPSA) is 49.9 Å². The molecule has 1 saturated carbocycles. The van der Waals surface area contributed by atoms with E-state index < -0.39 is 10.0 Å². The predicted octanol–water partition coefficient (Wildman–Crippen LogP) is 3.17. The average Bonchev–Trinajstić information content (AvgIpc) is 3.55. The fourth-order valence-corrected chi connectivity index (χ4v) is 5.62. The zero-order chi connectivity index (χ0) is 19.6. The molecule has 4 rings (SSSR count). The minimum Gasteiger partial charge on any atom is -0.494 e. The second-order valence-electron chi connectivity index (χ2n) is 7.59. The largest absolute Gasteiger partial charge is 0.494 e. The van der Waals surface area contributed by atoms with Gasteiger partial charge in [0.15, 0.2) is 0 Å². The van der Waals surface area contributed by atoms with E-state index in [-0.39, 0.29) is 6.04 Å². The molecule has 1 heterocycles. The Labute approximate surface area is 168 Å². The Kier molecular flexibility index (Phi) is 5.71. The van der Waals surface area contributed by atoms with E-state index in [0.29, 0.717) is 29.8 Å². The summed E-state index contributed by atoms with van der Waals surface area (Å²) in [6.07, 6.45) is 3.22. The SMILES string of the molecule is CCOc1ccc(S(=O)(=O)N2CCN(C3CC3)CC2Cc2ccccc2)cc1. The summed E-state index contributed by atoms with van der Waals surface area (Å²) < 4.78 is 34.0. The van der Waals surface area contributed by atoms with E-state index in [1.807, 2.05) is 25.1 Å². The Balaban J connectivity index is 1.58. The van der Waals surface area contributed by atoms with Crippen molar-refractivity contribution in [3.8, 4) is 5.75 Å². The molecule has 0 bridgehead atoms. The smallest absolute Gasteiger partial charge is 0.243 e. The van der Waals surface area contributed by atoms with Crippen molar-refractivity contribution in [2.24, 2.45) is 0 Å². The zero-order valence-corrected chi connectivity index (χ0v) is 17.1. The van der Waals surface area contributed by atoms with Crippen molar-refractivity contribution in [1.82, 2.24) is 9.21 Å². The third-order valence-electron chi connectivity index (χ3n) is 5.58. The first-order valence-corrected chi connectivity index (χ1v) is 11.5. The standard InChI is InChI=1S/C22H28N2O3S/c1-2-27-21-10-12-22(13-11-21)28(25,26)24-15-14-23(19-8-9-19)17-20(24)16-18-6-4-3-5-7-18/h3-7,10-13,19-20H,2,8-9,14-17H2,1H3. The normalized spacial score (nSPS) is 21.5. The van der Waals surface area contributed by atoms with Crippen LogP contribution in [0.25, 0.3) is 0 Å². The molecule has 1 saturated heterocycles. The summed E-state index contributed by atoms with van der Waals surface area (Å²) in [4.78, 5) is 2.81. The third-order valence-corrected chi connectivity index (χ3v) is 7.54. The summed E-state index contributed by atoms with van der Waals surface area (Å²) in [7, 11) is -3.54. The van der Waals surface area contributed by atoms with Crippen LogP contribution in [0.4, 0.5) is 0 Å². The summed E-state index contributed by atoms with van der Waals surface area (Å²) in [5.41, 5.74) is 1.18. The van der Waals surface area contributed by atoms with E-state index in [2.05, 4.69) is 17.0 Å². The highest BCUT2D eigenvalue weighted by atomic mass is 32.2. The molecule has 2 aliphatic rings. The minimum atomic E-state index is -3.54. The lowest BCUT2D eigenvalue weighted by Gasteiger charge is -2.41. The van der Waals surface area contributed by atoms with Gasteiger partial charge in [0.05, 0.1) is 11.5 Å². The zero-order valence-electron chi connectivity index (χ0n) is 16.3. The molecule has 0 radical (unpaired) electrons. The highest BCUT2D eigenvalue weighted by Gasteiger charge is 2.40. The Bertz CT molecular complexity index is 880. The summed E-state index contributed by atoms with van der Waals surface area (Å²) in [5.74, 6) is 0.695. The fourth-order valence-electron chi connectivity index (χ4n) is 4.01. The lowest BCUT2D eigenvalue weighted by molar-refractivity contribution is 0.128. The van der Waals surface area contributed by atoms with Crippen LogP contribution in [-0.4, -0.2) is 55.9 Å². The number of nitrogens with zero attached hydrogens (tertiary/aromatic N) is 2. The first kappa shape index (κ1) is 19.4. The van der Waals surface area contributed by atoms with Gasteiger partial charge in [0, 0.05) is 31.7 Å². The van der Waals surface area contributed by atoms with Crippen LogP contribution in [0, 0.1) is 0 Å². The van der Waals surface area contributed by atoms with Gasteiger partial charge in [0.25, 0.3) is 0 Å². The highest BCUT2D eigenvalue weighted by molar-refractivity contribution is 7.89. The Morgan fingerprint density at radius 3 is 2.36 bits per heavy atom. The van der Waals surface area contributed by atoms with Gasteiger partial charge in [-0.2, -0.15) is 4.31 Å². The van der Waals surface area contributed by atoms with Gasteiger partial charge in [0.1, 0.15) is 5.75 Å². The Morgan fingerprint density at radius 2 is 1.71 bits per heavy atom. The van der Waals surface area contributed by atoms with E-state index in [9.17, 15) is 8.42 Å². The number of hydrogen-bond donors (Lipinski definition) is 0. The maximum absolute atomic E-state index is 13.4. The lowest BCUT2D eigenvalue weighted by atomic mass is 10.0. The van der Waals surface area contributed by atoms with Crippen LogP contribution in [0.15, 0.2) is 59.5 Å². The van der Waals surface area contributed by atoms with Crippen molar-refractivity contribution in [3.05, 3.63) is 60.2 Å². The molecule has 0 amide bonds. The summed E-state index contributed by atoms with van der Waals surface area (Å²) >= 11 is 0. The Morgan fingerprint density at radius 1 is 1.00 bits per heavy atom. The van der Waals surface area contributed by atoms with Crippen LogP contribution in [0.3, 0.4) is 0 Å². The van der Waals surface area contributed by atoms with Crippen molar-refractivity contribution >= 4 is 10.0 Å². The van der Waals surface area contributed by atoms with E-state index >= 15 is 0 Å². The van der Waals surface area contributed by atoms with Crippen LogP contribution in [0.5, 0.6) is 5.75 Å². The van der Waals surface area contributed by atoms with E-state index in [1.165, 1.54) is 18.4 Å². The van der Waals surface area contributed by atoms with Crippen LogP contribution in [0.2, 0.25) is 0 Å². The fraction of sp³-hybridized carbons (Fsp3) is 0.455. The van der Waals surface area contributed by atoms with Crippen molar-refractivity contribution in [1.29, 1.82) is 0 Å². The van der Waals surface area contributed by atoms with Crippen LogP contribution < -0.4 is 4.74 Å². The third kappa shape index (κ3) is 4.24. The first-order valence-electron chi connectivity index (χ1n) is 10.1. The van der Waals surface area contributed by atoms with E-state index in [0.717, 1.165) is 19.5 Å². The second kappa shape index (κ2) is 8.23. The molecule has 1 unspecified atom stereocenters.